The summed E-state index contributed by atoms with van der Waals surface area (Å²) in [6.45, 7) is 0. The van der Waals surface area contributed by atoms with E-state index in [1.807, 2.05) is 24.3 Å². The van der Waals surface area contributed by atoms with E-state index in [1.54, 1.807) is 0 Å². The molecule has 2 aromatic rings. The zero-order valence-electron chi connectivity index (χ0n) is 11.3. The highest BCUT2D eigenvalue weighted by Crippen LogP contribution is 2.35. The van der Waals surface area contributed by atoms with Gasteiger partial charge in [-0.15, -0.1) is 0 Å². The van der Waals surface area contributed by atoms with Gasteiger partial charge in [0.25, 0.3) is 0 Å². The Kier molecular flexibility index (Phi) is 4.14. The molecular formula is C17H15IO3. The lowest BCUT2D eigenvalue weighted by atomic mass is 10.1. The minimum atomic E-state index is -0.876. The predicted molar refractivity (Wildman–Crippen MR) is 89.4 cm³/mol. The molecule has 0 spiro atoms. The second-order valence-electron chi connectivity index (χ2n) is 5.25. The molecule has 2 aromatic carbocycles. The fourth-order valence-electron chi connectivity index (χ4n) is 2.26. The Morgan fingerprint density at radius 3 is 2.05 bits per heavy atom. The lowest BCUT2D eigenvalue weighted by molar-refractivity contribution is -0.146. The smallest absolute Gasteiger partial charge is 0.345 e. The molecule has 0 aliphatic heterocycles. The van der Waals surface area contributed by atoms with E-state index in [9.17, 15) is 9.90 Å². The minimum Gasteiger partial charge on any atom is -0.478 e. The molecular weight excluding hydrogens is 379 g/mol. The van der Waals surface area contributed by atoms with E-state index in [1.165, 1.54) is 3.57 Å². The van der Waals surface area contributed by atoms with E-state index in [-0.39, 0.29) is 5.92 Å². The van der Waals surface area contributed by atoms with E-state index < -0.39 is 12.1 Å². The zero-order chi connectivity index (χ0) is 14.8. The maximum Gasteiger partial charge on any atom is 0.345 e. The summed E-state index contributed by atoms with van der Waals surface area (Å²) in [6.07, 6.45) is 1.17. The first-order chi connectivity index (χ1) is 10.1. The van der Waals surface area contributed by atoms with Crippen molar-refractivity contribution in [3.63, 3.8) is 0 Å². The van der Waals surface area contributed by atoms with Crippen molar-refractivity contribution in [1.82, 2.24) is 0 Å². The van der Waals surface area contributed by atoms with Gasteiger partial charge in [0.05, 0.1) is 0 Å². The topological polar surface area (TPSA) is 46.5 Å². The van der Waals surface area contributed by atoms with Crippen molar-refractivity contribution in [3.8, 4) is 16.9 Å². The molecule has 0 radical (unpaired) electrons. The van der Waals surface area contributed by atoms with Crippen molar-refractivity contribution in [3.05, 3.63) is 52.1 Å². The lowest BCUT2D eigenvalue weighted by Gasteiger charge is -2.14. The molecule has 1 aliphatic rings. The highest BCUT2D eigenvalue weighted by molar-refractivity contribution is 14.1. The van der Waals surface area contributed by atoms with Gasteiger partial charge >= 0.3 is 5.97 Å². The van der Waals surface area contributed by atoms with Gasteiger partial charge in [0, 0.05) is 9.49 Å². The fourth-order valence-corrected chi connectivity index (χ4v) is 2.62. The quantitative estimate of drug-likeness (QED) is 0.774. The molecule has 0 saturated heterocycles. The number of carbonyl (C=O) groups is 1. The molecule has 4 heteroatoms. The summed E-state index contributed by atoms with van der Waals surface area (Å²) in [5.74, 6) is -0.0962. The number of aliphatic carboxylic acids is 1. The molecule has 0 amide bonds. The first-order valence-electron chi connectivity index (χ1n) is 6.89. The van der Waals surface area contributed by atoms with Gasteiger partial charge in [0.2, 0.25) is 0 Å². The van der Waals surface area contributed by atoms with Gasteiger partial charge in [0.1, 0.15) is 5.75 Å². The Morgan fingerprint density at radius 1 is 1.05 bits per heavy atom. The molecule has 0 bridgehead atoms. The van der Waals surface area contributed by atoms with E-state index in [4.69, 9.17) is 4.74 Å². The van der Waals surface area contributed by atoms with Crippen molar-refractivity contribution in [2.75, 3.05) is 0 Å². The van der Waals surface area contributed by atoms with Gasteiger partial charge in [-0.2, -0.15) is 0 Å². The average Bonchev–Trinajstić information content (AvgIpc) is 3.30. The van der Waals surface area contributed by atoms with Crippen LogP contribution in [-0.2, 0) is 4.79 Å². The van der Waals surface area contributed by atoms with Crippen LogP contribution in [0.3, 0.4) is 0 Å². The van der Waals surface area contributed by atoms with Gasteiger partial charge < -0.3 is 9.84 Å². The van der Waals surface area contributed by atoms with Crippen molar-refractivity contribution in [2.24, 2.45) is 5.92 Å². The molecule has 1 atom stereocenters. The van der Waals surface area contributed by atoms with Gasteiger partial charge in [-0.25, -0.2) is 4.79 Å². The first-order valence-corrected chi connectivity index (χ1v) is 7.97. The van der Waals surface area contributed by atoms with Crippen molar-refractivity contribution in [1.29, 1.82) is 0 Å². The molecule has 3 rings (SSSR count). The van der Waals surface area contributed by atoms with Crippen molar-refractivity contribution >= 4 is 28.6 Å². The van der Waals surface area contributed by atoms with Crippen LogP contribution in [0, 0.1) is 9.49 Å². The van der Waals surface area contributed by atoms with Crippen LogP contribution in [-0.4, -0.2) is 17.2 Å². The van der Waals surface area contributed by atoms with Crippen molar-refractivity contribution < 1.29 is 14.6 Å². The third-order valence-electron chi connectivity index (χ3n) is 3.59. The normalized spacial score (nSPS) is 15.5. The number of rotatable bonds is 5. The summed E-state index contributed by atoms with van der Waals surface area (Å²) in [4.78, 5) is 11.2. The maximum absolute atomic E-state index is 11.2. The molecule has 0 heterocycles. The second-order valence-corrected chi connectivity index (χ2v) is 6.49. The predicted octanol–water partition coefficient (Wildman–Crippen LogP) is 4.20. The average molecular weight is 394 g/mol. The summed E-state index contributed by atoms with van der Waals surface area (Å²) < 4.78 is 6.81. The van der Waals surface area contributed by atoms with E-state index in [0.717, 1.165) is 24.0 Å². The van der Waals surface area contributed by atoms with Gasteiger partial charge in [0.15, 0.2) is 6.10 Å². The van der Waals surface area contributed by atoms with E-state index in [0.29, 0.717) is 5.75 Å². The number of carboxylic acid groups (broad SMARTS) is 1. The van der Waals surface area contributed by atoms with Gasteiger partial charge in [-0.3, -0.25) is 0 Å². The van der Waals surface area contributed by atoms with Gasteiger partial charge in [-0.1, -0.05) is 24.3 Å². The highest BCUT2D eigenvalue weighted by Gasteiger charge is 2.38. The van der Waals surface area contributed by atoms with E-state index >= 15 is 0 Å². The Balaban J connectivity index is 1.74. The van der Waals surface area contributed by atoms with Crippen LogP contribution in [0.5, 0.6) is 5.75 Å². The standard InChI is InChI=1S/C17H15IO3/c18-14-7-3-11(4-8-14)12-5-9-15(10-6-12)21-16(17(19)20)13-1-2-13/h3-10,13,16H,1-2H2,(H,19,20). The van der Waals surface area contributed by atoms with E-state index in [2.05, 4.69) is 46.9 Å². The van der Waals surface area contributed by atoms with Crippen LogP contribution in [0.4, 0.5) is 0 Å². The lowest BCUT2D eigenvalue weighted by Crippen LogP contribution is -2.29. The van der Waals surface area contributed by atoms with Crippen LogP contribution < -0.4 is 4.74 Å². The number of hydrogen-bond donors (Lipinski definition) is 1. The van der Waals surface area contributed by atoms with Crippen LogP contribution in [0.25, 0.3) is 11.1 Å². The van der Waals surface area contributed by atoms with Crippen LogP contribution in [0.2, 0.25) is 0 Å². The van der Waals surface area contributed by atoms with Crippen molar-refractivity contribution in [2.45, 2.75) is 18.9 Å². The summed E-state index contributed by atoms with van der Waals surface area (Å²) in [6, 6.07) is 15.9. The molecule has 108 valence electrons. The second kappa shape index (κ2) is 6.05. The summed E-state index contributed by atoms with van der Waals surface area (Å²) in [5, 5.41) is 9.18. The Morgan fingerprint density at radius 2 is 1.57 bits per heavy atom. The summed E-state index contributed by atoms with van der Waals surface area (Å²) in [7, 11) is 0. The SMILES string of the molecule is O=C(O)C(Oc1ccc(-c2ccc(I)cc2)cc1)C1CC1. The largest absolute Gasteiger partial charge is 0.478 e. The molecule has 21 heavy (non-hydrogen) atoms. The third kappa shape index (κ3) is 3.56. The zero-order valence-corrected chi connectivity index (χ0v) is 13.5. The van der Waals surface area contributed by atoms with Crippen LogP contribution in [0.15, 0.2) is 48.5 Å². The number of hydrogen-bond acceptors (Lipinski definition) is 2. The fraction of sp³-hybridized carbons (Fsp3) is 0.235. The van der Waals surface area contributed by atoms with Crippen LogP contribution in [0.1, 0.15) is 12.8 Å². The number of benzene rings is 2. The maximum atomic E-state index is 11.2. The van der Waals surface area contributed by atoms with Crippen LogP contribution >= 0.6 is 22.6 Å². The summed E-state index contributed by atoms with van der Waals surface area (Å²) in [5.41, 5.74) is 2.23. The molecule has 1 N–H and O–H groups in total. The first kappa shape index (κ1) is 14.4. The Hall–Kier alpha value is -1.56. The number of carboxylic acids is 1. The molecule has 1 aliphatic carbocycles. The third-order valence-corrected chi connectivity index (χ3v) is 4.31. The molecule has 1 unspecified atom stereocenters. The van der Waals surface area contributed by atoms with Gasteiger partial charge in [-0.05, 0) is 70.8 Å². The molecule has 1 fully saturated rings. The molecule has 3 nitrogen and oxygen atoms in total. The summed E-state index contributed by atoms with van der Waals surface area (Å²) >= 11 is 2.28. The minimum absolute atomic E-state index is 0.165. The number of ether oxygens (including phenoxy) is 1. The Bertz CT molecular complexity index is 630. The Labute approximate surface area is 137 Å². The highest BCUT2D eigenvalue weighted by atomic mass is 127. The monoisotopic (exact) mass is 394 g/mol. The number of halogens is 1. The molecule has 1 saturated carbocycles. The molecule has 0 aromatic heterocycles.